The molecule has 0 saturated carbocycles. The van der Waals surface area contributed by atoms with Crippen LogP contribution >= 0.6 is 124 Å². The van der Waals surface area contributed by atoms with Crippen molar-refractivity contribution in [2.24, 2.45) is 15.0 Å². The maximum Gasteiger partial charge on any atom is 2.00 e. The second-order valence-corrected chi connectivity index (χ2v) is 36.1. The number of carbonyl (C=O) groups is 5. The Kier molecular flexibility index (Phi) is 66.1. The van der Waals surface area contributed by atoms with Crippen LogP contribution in [0.1, 0.15) is 340 Å². The number of aromatic nitrogens is 11. The Morgan fingerprint density at radius 2 is 0.676 bits per heavy atom. The predicted molar refractivity (Wildman–Crippen MR) is 597 cm³/mol. The molecule has 13 heterocycles. The molecular formula is C101H136Br8Cu3N17NaO12. The first-order chi connectivity index (χ1) is 64.4. The van der Waals surface area contributed by atoms with E-state index in [-0.39, 0.29) is 104 Å². The Morgan fingerprint density at radius 3 is 0.930 bits per heavy atom. The Morgan fingerprint density at radius 1 is 0.408 bits per heavy atom. The minimum atomic E-state index is -1.17. The number of halogens is 8. The number of rotatable bonds is 19. The third-order valence-electron chi connectivity index (χ3n) is 22.9. The van der Waals surface area contributed by atoms with Crippen molar-refractivity contribution in [2.75, 3.05) is 0 Å². The average molecular weight is 2630 g/mol. The van der Waals surface area contributed by atoms with Crippen molar-refractivity contribution in [2.45, 2.75) is 291 Å². The maximum absolute atomic E-state index is 11.3. The topological polar surface area (TPSA) is 478 Å². The summed E-state index contributed by atoms with van der Waals surface area (Å²) in [6.45, 7) is 54.9. The van der Waals surface area contributed by atoms with Gasteiger partial charge in [-0.15, -0.1) is 11.4 Å². The Balaban J connectivity index is -0.000000398. The van der Waals surface area contributed by atoms with Crippen LogP contribution in [0.2, 0.25) is 0 Å². The summed E-state index contributed by atoms with van der Waals surface area (Å²) in [6.07, 6.45) is 16.6. The summed E-state index contributed by atoms with van der Waals surface area (Å²) in [6, 6.07) is 4.22. The number of aliphatic imine (C=N–C) groups is 3. The standard InChI is InChI=1S/C30H34N6.C17H22N2O4.C15H18Br2N2.2C15H17Br2N2.C2H6O2.3C2H4O2.CH4.Br2.3Cu.N3.Na.3H2/c1-9-19-15(5)27-31-23(19)13-24-20(10-2)16(6)29(32-24)36-30-18(8)22(12-4)26(34-30)14-25-21(11-3)17(7)28(33-25)35-27;1-5-10-8(3)14(16(20)21)18-12(10)7-13-11(6-2)9(4)15(19-13)17(22)23;3*1-5-10-8(3)14(16)18-12(10)7-13-11(6-2)9(4)15(17)19-13;4*1-2(3)4;;1-2;;;;1-3-2;;;;/h13-14H,9-12H2,1-8H3;18-19H,5-7H2,1-4H3,(H,20,21)(H,22,23);7,18H,5-6H2,1-4H3;2*7H,5-6H2,1-4H3;2-4H,1H3;3*1H3,(H,3,4);1H4;;;;;;;3*1H/q-2;;;2*-1;;;;;;;;2*+2;-1;+1;;;/b;;13-7-;2*12-7-;;;;;;;;;;;;;;. The van der Waals surface area contributed by atoms with Crippen molar-refractivity contribution in [1.82, 2.24) is 54.8 Å². The van der Waals surface area contributed by atoms with Gasteiger partial charge >= 0.3 is 75.6 Å². The van der Waals surface area contributed by atoms with Gasteiger partial charge in [-0.1, -0.05) is 177 Å². The molecule has 0 unspecified atom stereocenters. The fourth-order valence-electron chi connectivity index (χ4n) is 16.1. The Hall–Kier alpha value is -6.71. The summed E-state index contributed by atoms with van der Waals surface area (Å²) in [4.78, 5) is 113. The zero-order chi connectivity index (χ0) is 105. The molecule has 0 fully saturated rings. The molecule has 3 radical (unpaired) electrons. The Labute approximate surface area is 959 Å². The van der Waals surface area contributed by atoms with Gasteiger partial charge in [-0.2, -0.15) is 0 Å². The number of hydrogen-bond acceptors (Lipinski definition) is 14. The van der Waals surface area contributed by atoms with Crippen molar-refractivity contribution in [1.29, 1.82) is 0 Å². The molecule has 29 nitrogen and oxygen atoms in total. The molecule has 0 saturated heterocycles. The van der Waals surface area contributed by atoms with Crippen molar-refractivity contribution in [3.8, 4) is 0 Å². The molecule has 41 heteroatoms. The first-order valence-corrected chi connectivity index (χ1v) is 53.1. The van der Waals surface area contributed by atoms with Crippen molar-refractivity contribution in [3.63, 3.8) is 0 Å². The number of aliphatic carboxylic acids is 3. The van der Waals surface area contributed by atoms with Gasteiger partial charge in [0.15, 0.2) is 0 Å². The van der Waals surface area contributed by atoms with Crippen molar-refractivity contribution >= 4 is 230 Å². The van der Waals surface area contributed by atoms with E-state index in [9.17, 15) is 19.8 Å². The normalized spacial score (nSPS) is 13.2. The van der Waals surface area contributed by atoms with Crippen LogP contribution < -0.4 is 49.5 Å². The number of nitrogens with one attached hydrogen (secondary N) is 3. The first kappa shape index (κ1) is 139. The summed E-state index contributed by atoms with van der Waals surface area (Å²) >= 11 is 26.7. The molecule has 787 valence electrons. The number of carboxylic acids is 5. The predicted octanol–water partition coefficient (Wildman–Crippen LogP) is 26.2. The van der Waals surface area contributed by atoms with Gasteiger partial charge in [0.25, 0.3) is 17.9 Å². The first-order valence-electron chi connectivity index (χ1n) is 44.7. The van der Waals surface area contributed by atoms with Crippen LogP contribution in [0.5, 0.6) is 0 Å². The van der Waals surface area contributed by atoms with E-state index in [0.717, 1.165) is 261 Å². The zero-order valence-electron chi connectivity index (χ0n) is 85.0. The number of aliphatic hydroxyl groups is 2. The van der Waals surface area contributed by atoms with Crippen LogP contribution in [-0.4, -0.2) is 121 Å². The second kappa shape index (κ2) is 67.3. The van der Waals surface area contributed by atoms with Gasteiger partial charge in [-0.25, -0.2) is 24.6 Å². The molecule has 8 aromatic heterocycles. The summed E-state index contributed by atoms with van der Waals surface area (Å²) in [5, 5.41) is 56.0. The number of fused-ring (bicyclic) bond motifs is 8. The van der Waals surface area contributed by atoms with Gasteiger partial charge in [0.2, 0.25) is 0 Å². The number of aromatic carboxylic acids is 2. The van der Waals surface area contributed by atoms with Crippen LogP contribution in [0.25, 0.3) is 78.8 Å². The van der Waals surface area contributed by atoms with Gasteiger partial charge < -0.3 is 91.7 Å². The van der Waals surface area contributed by atoms with Crippen LogP contribution in [0.15, 0.2) is 91.4 Å². The number of carboxylic acid groups (broad SMARTS) is 5. The van der Waals surface area contributed by atoms with Gasteiger partial charge in [0.05, 0.1) is 44.7 Å². The molecule has 0 atom stereocenters. The number of aryl methyl sites for hydroxylation is 4. The second-order valence-electron chi connectivity index (χ2n) is 31.5. The van der Waals surface area contributed by atoms with Gasteiger partial charge in [-0.05, 0) is 371 Å². The van der Waals surface area contributed by atoms with Gasteiger partial charge in [0, 0.05) is 93.9 Å². The van der Waals surface area contributed by atoms with Gasteiger partial charge in [-0.3, -0.25) is 29.3 Å². The quantitative estimate of drug-likeness (QED) is 0.0118. The number of allylic oxidation sites excluding steroid dienone is 10. The summed E-state index contributed by atoms with van der Waals surface area (Å²) in [5.74, 6) is -2.98. The molecular weight excluding hydrogens is 2500 g/mol. The van der Waals surface area contributed by atoms with Crippen LogP contribution in [0.3, 0.4) is 0 Å². The number of aliphatic hydroxyl groups excluding tert-OH is 1. The monoisotopic (exact) mass is 2620 g/mol. The van der Waals surface area contributed by atoms with E-state index < -0.39 is 36.1 Å². The summed E-state index contributed by atoms with van der Waals surface area (Å²) in [7, 11) is 0. The molecule has 0 amide bonds. The molecule has 0 spiro atoms. The molecule has 8 aromatic rings. The van der Waals surface area contributed by atoms with E-state index in [0.29, 0.717) is 6.42 Å². The average Bonchev–Trinajstić information content (AvgIpc) is 1.62. The van der Waals surface area contributed by atoms with Gasteiger partial charge in [0.1, 0.15) is 31.5 Å². The largest absolute Gasteiger partial charge is 2.00 e. The fraction of sp³-hybridized carbons (Fsp3) is 0.426. The minimum Gasteiger partial charge on any atom is -0.651 e. The molecule has 5 aliphatic rings. The SMILES string of the molecule is BrBr.C.CC(=O)O.CC(=O)O.CC(=O)O.CC(O)O.CCC1=C(C)C(Br)=N/C1=C\c1[n-]c(Br)c(C)c1CC.CCC1=C(C)C(Br)=N/C1=C\c1[n-]c(Br)c(C)c1CC.CCC1=C(C)C(Br)=N/C1=C\c1[nH]c(Br)c(C)c1CC.CCC1=C(C)c2nc1cc1[n-]c(nc3nc(cc4[n-]c(n2)c(C)c4CC)C(CC)=C3C)c(C)c1CC.CCc1c(Cc2[nH]c(C(=O)O)c(C)c2CC)[nH]c(C(=O)O)c1C.[Cu+2].[Cu+2].[Cu].[HH].[HH].[HH].[N-]=[N+]=[N-].[Na+]. The molecule has 0 aromatic carbocycles. The van der Waals surface area contributed by atoms with Crippen molar-refractivity contribution in [3.05, 3.63) is 233 Å². The third kappa shape index (κ3) is 37.5. The molecule has 10 N–H and O–H groups in total. The van der Waals surface area contributed by atoms with E-state index >= 15 is 0 Å². The van der Waals surface area contributed by atoms with E-state index in [1.54, 1.807) is 13.8 Å². The molecule has 0 aliphatic carbocycles. The van der Waals surface area contributed by atoms with E-state index in [1.165, 1.54) is 101 Å². The van der Waals surface area contributed by atoms with E-state index in [1.807, 2.05) is 13.8 Å². The van der Waals surface area contributed by atoms with E-state index in [4.69, 9.17) is 80.9 Å². The summed E-state index contributed by atoms with van der Waals surface area (Å²) in [5.41, 5.74) is 55.2. The van der Waals surface area contributed by atoms with Crippen LogP contribution in [0.4, 0.5) is 0 Å². The summed E-state index contributed by atoms with van der Waals surface area (Å²) < 4.78 is 5.78. The molecule has 5 aliphatic heterocycles. The number of nitrogens with zero attached hydrogens (tertiary/aromatic N) is 14. The molecule has 13 rings (SSSR count). The fourth-order valence-corrected chi connectivity index (χ4v) is 18.7. The van der Waals surface area contributed by atoms with Crippen molar-refractivity contribution < 1.29 is 145 Å². The number of H-pyrrole nitrogens is 3. The van der Waals surface area contributed by atoms with Crippen LogP contribution in [0, 0.1) is 48.5 Å². The molecule has 142 heavy (non-hydrogen) atoms. The van der Waals surface area contributed by atoms with Crippen LogP contribution in [-0.2, 0) is 117 Å². The number of aromatic amines is 3. The van der Waals surface area contributed by atoms with E-state index in [2.05, 4.69) is 333 Å². The molecule has 8 bridgehead atoms. The Bertz CT molecular complexity index is 5900. The smallest absolute Gasteiger partial charge is 0.651 e. The minimum absolute atomic E-state index is 0. The third-order valence-corrected chi connectivity index (χ3v) is 27.5. The maximum atomic E-state index is 11.3. The number of hydrogen-bond donors (Lipinski definition) is 10. The zero-order valence-corrected chi connectivity index (χ0v) is 103.